The normalized spacial score (nSPS) is 10.5. The number of hydrogen-bond donors (Lipinski definition) is 0. The fraction of sp³-hybridized carbons (Fsp3) is 0.250. The van der Waals surface area contributed by atoms with Crippen LogP contribution in [0.25, 0.3) is 0 Å². The summed E-state index contributed by atoms with van der Waals surface area (Å²) in [6.45, 7) is 5.59. The van der Waals surface area contributed by atoms with Gasteiger partial charge in [-0.15, -0.1) is 6.58 Å². The summed E-state index contributed by atoms with van der Waals surface area (Å²) in [6, 6.07) is 9.99. The molecule has 2 aromatic rings. The van der Waals surface area contributed by atoms with E-state index in [1.165, 1.54) is 11.8 Å². The number of hydrogen-bond acceptors (Lipinski definition) is 3. The SMILES string of the molecule is C=CCSc1nc(C)c(Cc2ccccc2)c(=O)n1C. The molecule has 0 aliphatic heterocycles. The number of thioether (sulfide) groups is 1. The minimum Gasteiger partial charge on any atom is -0.291 e. The number of aromatic nitrogens is 2. The molecule has 20 heavy (non-hydrogen) atoms. The average Bonchev–Trinajstić information content (AvgIpc) is 2.47. The lowest BCUT2D eigenvalue weighted by molar-refractivity contribution is 0.684. The number of nitrogens with zero attached hydrogens (tertiary/aromatic N) is 2. The van der Waals surface area contributed by atoms with E-state index in [0.717, 1.165) is 27.7 Å². The van der Waals surface area contributed by atoms with Crippen molar-refractivity contribution in [1.82, 2.24) is 9.55 Å². The maximum atomic E-state index is 12.5. The molecular weight excluding hydrogens is 268 g/mol. The van der Waals surface area contributed by atoms with Gasteiger partial charge in [0.25, 0.3) is 5.56 Å². The Morgan fingerprint density at radius 2 is 2.05 bits per heavy atom. The van der Waals surface area contributed by atoms with Gasteiger partial charge in [-0.25, -0.2) is 4.98 Å². The fourth-order valence-corrected chi connectivity index (χ4v) is 2.74. The molecular formula is C16H18N2OS. The van der Waals surface area contributed by atoms with Crippen LogP contribution in [-0.2, 0) is 13.5 Å². The van der Waals surface area contributed by atoms with E-state index in [2.05, 4.69) is 11.6 Å². The van der Waals surface area contributed by atoms with Crippen molar-refractivity contribution in [2.75, 3.05) is 5.75 Å². The standard InChI is InChI=1S/C16H18N2OS/c1-4-10-20-16-17-12(2)14(15(19)18(16)3)11-13-8-6-5-7-9-13/h4-9H,1,10-11H2,2-3H3. The van der Waals surface area contributed by atoms with Gasteiger partial charge in [-0.2, -0.15) is 0 Å². The first-order valence-corrected chi connectivity index (χ1v) is 7.46. The maximum absolute atomic E-state index is 12.5. The Bertz CT molecular complexity index is 662. The van der Waals surface area contributed by atoms with Crippen molar-refractivity contribution in [3.63, 3.8) is 0 Å². The molecule has 2 rings (SSSR count). The molecule has 0 N–H and O–H groups in total. The molecule has 1 heterocycles. The summed E-state index contributed by atoms with van der Waals surface area (Å²) in [5, 5.41) is 0.740. The number of benzene rings is 1. The highest BCUT2D eigenvalue weighted by Crippen LogP contribution is 2.16. The Labute approximate surface area is 123 Å². The quantitative estimate of drug-likeness (QED) is 0.481. The highest BCUT2D eigenvalue weighted by molar-refractivity contribution is 7.99. The zero-order chi connectivity index (χ0) is 14.5. The monoisotopic (exact) mass is 286 g/mol. The third-order valence-corrected chi connectivity index (χ3v) is 4.13. The largest absolute Gasteiger partial charge is 0.291 e. The van der Waals surface area contributed by atoms with Crippen LogP contribution in [0.5, 0.6) is 0 Å². The molecule has 104 valence electrons. The van der Waals surface area contributed by atoms with E-state index < -0.39 is 0 Å². The third-order valence-electron chi connectivity index (χ3n) is 3.10. The Hall–Kier alpha value is -1.81. The lowest BCUT2D eigenvalue weighted by Crippen LogP contribution is -2.25. The summed E-state index contributed by atoms with van der Waals surface area (Å²) >= 11 is 1.52. The smallest absolute Gasteiger partial charge is 0.257 e. The highest BCUT2D eigenvalue weighted by Gasteiger charge is 2.12. The van der Waals surface area contributed by atoms with Crippen LogP contribution in [0.2, 0.25) is 0 Å². The van der Waals surface area contributed by atoms with Crippen LogP contribution in [-0.4, -0.2) is 15.3 Å². The second kappa shape index (κ2) is 6.57. The van der Waals surface area contributed by atoms with Gasteiger partial charge in [0, 0.05) is 30.5 Å². The van der Waals surface area contributed by atoms with Gasteiger partial charge in [-0.3, -0.25) is 9.36 Å². The molecule has 0 saturated carbocycles. The van der Waals surface area contributed by atoms with Crippen molar-refractivity contribution in [2.24, 2.45) is 7.05 Å². The minimum absolute atomic E-state index is 0.0351. The van der Waals surface area contributed by atoms with Crippen molar-refractivity contribution < 1.29 is 0 Å². The van der Waals surface area contributed by atoms with Crippen LogP contribution < -0.4 is 5.56 Å². The zero-order valence-corrected chi connectivity index (χ0v) is 12.6. The zero-order valence-electron chi connectivity index (χ0n) is 11.8. The molecule has 0 atom stereocenters. The molecule has 1 aromatic carbocycles. The summed E-state index contributed by atoms with van der Waals surface area (Å²) < 4.78 is 1.62. The van der Waals surface area contributed by atoms with Crippen LogP contribution in [0.3, 0.4) is 0 Å². The van der Waals surface area contributed by atoms with Crippen LogP contribution in [0, 0.1) is 6.92 Å². The van der Waals surface area contributed by atoms with Crippen LogP contribution in [0.4, 0.5) is 0 Å². The van der Waals surface area contributed by atoms with Gasteiger partial charge in [0.05, 0.1) is 0 Å². The van der Waals surface area contributed by atoms with Gasteiger partial charge < -0.3 is 0 Å². The van der Waals surface area contributed by atoms with Crippen molar-refractivity contribution >= 4 is 11.8 Å². The third kappa shape index (κ3) is 3.20. The summed E-state index contributed by atoms with van der Waals surface area (Å²) in [7, 11) is 1.77. The van der Waals surface area contributed by atoms with E-state index in [1.54, 1.807) is 11.6 Å². The van der Waals surface area contributed by atoms with Crippen molar-refractivity contribution in [2.45, 2.75) is 18.5 Å². The Kier molecular flexibility index (Phi) is 4.79. The predicted octanol–water partition coefficient (Wildman–Crippen LogP) is 2.96. The predicted molar refractivity (Wildman–Crippen MR) is 84.4 cm³/mol. The lowest BCUT2D eigenvalue weighted by Gasteiger charge is -2.11. The van der Waals surface area contributed by atoms with E-state index in [0.29, 0.717) is 6.42 Å². The Morgan fingerprint density at radius 3 is 2.70 bits per heavy atom. The molecule has 1 aromatic heterocycles. The second-order valence-electron chi connectivity index (χ2n) is 4.58. The molecule has 0 amide bonds. The first-order valence-electron chi connectivity index (χ1n) is 6.47. The van der Waals surface area contributed by atoms with Crippen molar-refractivity contribution in [3.8, 4) is 0 Å². The van der Waals surface area contributed by atoms with Crippen LogP contribution >= 0.6 is 11.8 Å². The van der Waals surface area contributed by atoms with E-state index >= 15 is 0 Å². The van der Waals surface area contributed by atoms with Gasteiger partial charge in [0.2, 0.25) is 0 Å². The molecule has 0 fully saturated rings. The lowest BCUT2D eigenvalue weighted by atomic mass is 10.1. The molecule has 0 saturated heterocycles. The van der Waals surface area contributed by atoms with Gasteiger partial charge in [-0.1, -0.05) is 48.2 Å². The molecule has 3 nitrogen and oxygen atoms in total. The van der Waals surface area contributed by atoms with Crippen LogP contribution in [0.1, 0.15) is 16.8 Å². The maximum Gasteiger partial charge on any atom is 0.257 e. The Morgan fingerprint density at radius 1 is 1.35 bits per heavy atom. The molecule has 0 aliphatic rings. The first kappa shape index (κ1) is 14.6. The Balaban J connectivity index is 2.38. The minimum atomic E-state index is 0.0351. The summed E-state index contributed by atoms with van der Waals surface area (Å²) in [5.41, 5.74) is 2.74. The van der Waals surface area contributed by atoms with E-state index in [9.17, 15) is 4.79 Å². The summed E-state index contributed by atoms with van der Waals surface area (Å²) in [6.07, 6.45) is 2.43. The molecule has 0 aliphatic carbocycles. The topological polar surface area (TPSA) is 34.9 Å². The van der Waals surface area contributed by atoms with Crippen molar-refractivity contribution in [3.05, 3.63) is 70.2 Å². The average molecular weight is 286 g/mol. The molecule has 0 spiro atoms. The number of aryl methyl sites for hydroxylation is 1. The first-order chi connectivity index (χ1) is 9.63. The van der Waals surface area contributed by atoms with Gasteiger partial charge in [0.1, 0.15) is 0 Å². The number of rotatable bonds is 5. The summed E-state index contributed by atoms with van der Waals surface area (Å²) in [4.78, 5) is 17.0. The second-order valence-corrected chi connectivity index (χ2v) is 5.57. The van der Waals surface area contributed by atoms with Gasteiger partial charge in [0.15, 0.2) is 5.16 Å². The van der Waals surface area contributed by atoms with Crippen molar-refractivity contribution in [1.29, 1.82) is 0 Å². The molecule has 0 radical (unpaired) electrons. The fourth-order valence-electron chi connectivity index (χ4n) is 2.00. The molecule has 4 heteroatoms. The van der Waals surface area contributed by atoms with Gasteiger partial charge >= 0.3 is 0 Å². The van der Waals surface area contributed by atoms with E-state index in [1.807, 2.05) is 43.3 Å². The van der Waals surface area contributed by atoms with E-state index in [-0.39, 0.29) is 5.56 Å². The molecule has 0 unspecified atom stereocenters. The summed E-state index contributed by atoms with van der Waals surface area (Å²) in [5.74, 6) is 0.748. The molecule has 0 bridgehead atoms. The van der Waals surface area contributed by atoms with E-state index in [4.69, 9.17) is 0 Å². The van der Waals surface area contributed by atoms with Gasteiger partial charge in [-0.05, 0) is 12.5 Å². The van der Waals surface area contributed by atoms with Crippen LogP contribution in [0.15, 0.2) is 52.9 Å². The highest BCUT2D eigenvalue weighted by atomic mass is 32.2.